The van der Waals surface area contributed by atoms with Crippen molar-refractivity contribution in [2.45, 2.75) is 37.5 Å². The van der Waals surface area contributed by atoms with Gasteiger partial charge < -0.3 is 14.9 Å². The maximum atomic E-state index is 12.7. The number of nitrogens with one attached hydrogen (secondary N) is 1. The van der Waals surface area contributed by atoms with Gasteiger partial charge in [0, 0.05) is 19.6 Å². The fourth-order valence-corrected chi connectivity index (χ4v) is 5.79. The van der Waals surface area contributed by atoms with Gasteiger partial charge in [0.1, 0.15) is 11.4 Å². The van der Waals surface area contributed by atoms with Crippen LogP contribution in [0.25, 0.3) is 0 Å². The maximum absolute atomic E-state index is 12.7. The normalized spacial score (nSPS) is 19.8. The summed E-state index contributed by atoms with van der Waals surface area (Å²) in [6.45, 7) is 6.65. The predicted molar refractivity (Wildman–Crippen MR) is 124 cm³/mol. The van der Waals surface area contributed by atoms with Gasteiger partial charge in [-0.1, -0.05) is 12.1 Å². The fourth-order valence-electron chi connectivity index (χ4n) is 4.66. The van der Waals surface area contributed by atoms with Crippen LogP contribution in [-0.4, -0.2) is 62.1 Å². The van der Waals surface area contributed by atoms with Gasteiger partial charge in [0.2, 0.25) is 0 Å². The number of sulfonamides is 1. The van der Waals surface area contributed by atoms with Crippen LogP contribution in [-0.2, 0) is 10.0 Å². The average Bonchev–Trinajstić information content (AvgIpc) is 3.26. The summed E-state index contributed by atoms with van der Waals surface area (Å²) in [5.41, 5.74) is 0.968. The molecule has 0 aliphatic carbocycles. The smallest absolute Gasteiger partial charge is 0.339 e. The van der Waals surface area contributed by atoms with Gasteiger partial charge in [-0.15, -0.1) is 0 Å². The Morgan fingerprint density at radius 2 is 1.97 bits per heavy atom. The number of aromatic nitrogens is 1. The second-order valence-corrected chi connectivity index (χ2v) is 10.5. The third-order valence-electron chi connectivity index (χ3n) is 6.18. The summed E-state index contributed by atoms with van der Waals surface area (Å²) in [5.74, 6) is -0.238. The molecule has 2 aliphatic rings. The first-order chi connectivity index (χ1) is 15.3. The van der Waals surface area contributed by atoms with E-state index in [1.165, 1.54) is 31.2 Å². The van der Waals surface area contributed by atoms with Gasteiger partial charge in [0.25, 0.3) is 10.0 Å². The fraction of sp³-hybridized carbons (Fsp3) is 0.478. The zero-order valence-electron chi connectivity index (χ0n) is 18.3. The minimum absolute atomic E-state index is 0.0104. The zero-order valence-corrected chi connectivity index (χ0v) is 19.1. The van der Waals surface area contributed by atoms with Crippen molar-refractivity contribution in [3.05, 3.63) is 47.7 Å². The summed E-state index contributed by atoms with van der Waals surface area (Å²) in [6, 6.07) is 7.92. The highest BCUT2D eigenvalue weighted by atomic mass is 32.2. The van der Waals surface area contributed by atoms with Gasteiger partial charge in [-0.25, -0.2) is 18.2 Å². The highest BCUT2D eigenvalue weighted by Crippen LogP contribution is 2.28. The predicted octanol–water partition coefficient (Wildman–Crippen LogP) is 3.20. The van der Waals surface area contributed by atoms with Gasteiger partial charge in [-0.3, -0.25) is 4.72 Å². The first-order valence-electron chi connectivity index (χ1n) is 11.1. The number of aryl methyl sites for hydroxylation is 1. The lowest BCUT2D eigenvalue weighted by Gasteiger charge is -2.36. The van der Waals surface area contributed by atoms with Crippen molar-refractivity contribution in [2.24, 2.45) is 5.92 Å². The third kappa shape index (κ3) is 5.21. The number of anilines is 2. The molecular weight excluding hydrogens is 428 g/mol. The Balaban J connectivity index is 1.53. The molecule has 8 nitrogen and oxygen atoms in total. The van der Waals surface area contributed by atoms with E-state index in [1.54, 1.807) is 12.1 Å². The van der Waals surface area contributed by atoms with E-state index >= 15 is 0 Å². The topological polar surface area (TPSA) is 103 Å². The van der Waals surface area contributed by atoms with Crippen molar-refractivity contribution in [1.82, 2.24) is 9.88 Å². The number of aromatic carboxylic acids is 1. The van der Waals surface area contributed by atoms with Crippen LogP contribution >= 0.6 is 0 Å². The molecule has 1 unspecified atom stereocenters. The van der Waals surface area contributed by atoms with Crippen molar-refractivity contribution in [3.8, 4) is 0 Å². The molecule has 3 heterocycles. The highest BCUT2D eigenvalue weighted by molar-refractivity contribution is 7.92. The summed E-state index contributed by atoms with van der Waals surface area (Å²) in [6.07, 6.45) is 6.02. The maximum Gasteiger partial charge on any atom is 0.339 e. The molecule has 1 aromatic carbocycles. The van der Waals surface area contributed by atoms with Crippen molar-refractivity contribution in [1.29, 1.82) is 0 Å². The van der Waals surface area contributed by atoms with E-state index in [2.05, 4.69) is 14.6 Å². The molecule has 1 atom stereocenters. The number of nitrogens with zero attached hydrogens (tertiary/aromatic N) is 3. The van der Waals surface area contributed by atoms with Crippen LogP contribution in [0.1, 0.15) is 41.6 Å². The Hall–Kier alpha value is -2.65. The van der Waals surface area contributed by atoms with E-state index in [1.807, 2.05) is 17.9 Å². The van der Waals surface area contributed by atoms with Crippen LogP contribution in [0.15, 0.2) is 41.4 Å². The Bertz CT molecular complexity index is 1080. The molecule has 2 N–H and O–H groups in total. The molecule has 4 rings (SSSR count). The van der Waals surface area contributed by atoms with E-state index in [4.69, 9.17) is 0 Å². The average molecular weight is 459 g/mol. The number of carboxylic acids is 1. The second kappa shape index (κ2) is 9.46. The molecule has 172 valence electrons. The Morgan fingerprint density at radius 1 is 1.19 bits per heavy atom. The van der Waals surface area contributed by atoms with Crippen molar-refractivity contribution in [2.75, 3.05) is 42.3 Å². The largest absolute Gasteiger partial charge is 0.478 e. The summed E-state index contributed by atoms with van der Waals surface area (Å²) < 4.78 is 27.9. The molecule has 2 saturated heterocycles. The number of hydrogen-bond donors (Lipinski definition) is 2. The number of benzene rings is 1. The van der Waals surface area contributed by atoms with E-state index in [-0.39, 0.29) is 16.1 Å². The molecule has 1 aromatic heterocycles. The lowest BCUT2D eigenvalue weighted by molar-refractivity contribution is 0.0697. The molecule has 0 spiro atoms. The zero-order chi connectivity index (χ0) is 22.7. The van der Waals surface area contributed by atoms with E-state index in [9.17, 15) is 18.3 Å². The van der Waals surface area contributed by atoms with Gasteiger partial charge in [-0.05, 0) is 75.4 Å². The van der Waals surface area contributed by atoms with Crippen molar-refractivity contribution >= 4 is 27.5 Å². The molecule has 9 heteroatoms. The minimum Gasteiger partial charge on any atom is -0.478 e. The van der Waals surface area contributed by atoms with Gasteiger partial charge in [0.15, 0.2) is 0 Å². The van der Waals surface area contributed by atoms with Crippen molar-refractivity contribution < 1.29 is 18.3 Å². The lowest BCUT2D eigenvalue weighted by Crippen LogP contribution is -2.41. The Labute approximate surface area is 189 Å². The number of piperidine rings is 1. The number of rotatable bonds is 7. The van der Waals surface area contributed by atoms with E-state index in [0.717, 1.165) is 51.1 Å². The Morgan fingerprint density at radius 3 is 2.69 bits per heavy atom. The van der Waals surface area contributed by atoms with Gasteiger partial charge in [-0.2, -0.15) is 0 Å². The first-order valence-corrected chi connectivity index (χ1v) is 12.6. The quantitative estimate of drug-likeness (QED) is 0.657. The standard InChI is InChI=1S/C23H30N4O4S/c1-17-6-4-8-20(12-17)32(30,31)25-19-13-21(23(28)29)22(24-14-19)27-11-5-7-18(16-27)15-26-9-2-3-10-26/h4,6,8,12-14,18,25H,2-3,5,7,9-11,15-16H2,1H3,(H,28,29). The number of pyridine rings is 1. The molecule has 2 aliphatic heterocycles. The summed E-state index contributed by atoms with van der Waals surface area (Å²) >= 11 is 0. The summed E-state index contributed by atoms with van der Waals surface area (Å²) in [7, 11) is -3.84. The summed E-state index contributed by atoms with van der Waals surface area (Å²) in [4.78, 5) is 21.0. The van der Waals surface area contributed by atoms with Crippen LogP contribution in [0.4, 0.5) is 11.5 Å². The lowest BCUT2D eigenvalue weighted by atomic mass is 9.97. The molecule has 0 bridgehead atoms. The van der Waals surface area contributed by atoms with Gasteiger partial charge in [0.05, 0.1) is 16.8 Å². The molecule has 0 saturated carbocycles. The molecule has 0 radical (unpaired) electrons. The van der Waals surface area contributed by atoms with Crippen LogP contribution < -0.4 is 9.62 Å². The SMILES string of the molecule is Cc1cccc(S(=O)(=O)Nc2cnc(N3CCCC(CN4CCCC4)C3)c(C(=O)O)c2)c1. The van der Waals surface area contributed by atoms with E-state index < -0.39 is 16.0 Å². The van der Waals surface area contributed by atoms with Crippen LogP contribution in [0.5, 0.6) is 0 Å². The third-order valence-corrected chi connectivity index (χ3v) is 7.56. The minimum atomic E-state index is -3.84. The van der Waals surface area contributed by atoms with Crippen LogP contribution in [0.3, 0.4) is 0 Å². The molecule has 0 amide bonds. The molecular formula is C23H30N4O4S. The van der Waals surface area contributed by atoms with Crippen LogP contribution in [0.2, 0.25) is 0 Å². The first kappa shape index (κ1) is 22.5. The van der Waals surface area contributed by atoms with Crippen LogP contribution in [0, 0.1) is 12.8 Å². The van der Waals surface area contributed by atoms with Gasteiger partial charge >= 0.3 is 5.97 Å². The highest BCUT2D eigenvalue weighted by Gasteiger charge is 2.27. The molecule has 2 fully saturated rings. The number of hydrogen-bond acceptors (Lipinski definition) is 6. The number of carbonyl (C=O) groups is 1. The Kier molecular flexibility index (Phi) is 6.66. The molecule has 2 aromatic rings. The summed E-state index contributed by atoms with van der Waals surface area (Å²) in [5, 5.41) is 9.82. The second-order valence-electron chi connectivity index (χ2n) is 8.78. The number of carboxylic acid groups (broad SMARTS) is 1. The van der Waals surface area contributed by atoms with Crippen molar-refractivity contribution in [3.63, 3.8) is 0 Å². The molecule has 32 heavy (non-hydrogen) atoms. The monoisotopic (exact) mass is 458 g/mol. The number of likely N-dealkylation sites (tertiary alicyclic amines) is 1. The van der Waals surface area contributed by atoms with E-state index in [0.29, 0.717) is 11.7 Å².